The van der Waals surface area contributed by atoms with Gasteiger partial charge in [-0.3, -0.25) is 0 Å². The Bertz CT molecular complexity index is 469. The summed E-state index contributed by atoms with van der Waals surface area (Å²) < 4.78 is 25.0. The molecule has 5 nitrogen and oxygen atoms in total. The molecular formula is C9H7F2N3O2. The van der Waals surface area contributed by atoms with Crippen LogP contribution in [0.4, 0.5) is 8.78 Å². The molecule has 0 spiro atoms. The van der Waals surface area contributed by atoms with Gasteiger partial charge in [-0.25, -0.2) is 18.6 Å². The van der Waals surface area contributed by atoms with Gasteiger partial charge in [0.1, 0.15) is 6.07 Å². The molecule has 0 atom stereocenters. The van der Waals surface area contributed by atoms with Crippen molar-refractivity contribution in [3.63, 3.8) is 0 Å². The monoisotopic (exact) mass is 227 g/mol. The number of rotatable bonds is 3. The first kappa shape index (κ1) is 12.0. The van der Waals surface area contributed by atoms with E-state index in [4.69, 9.17) is 16.1 Å². The molecule has 0 aromatic carbocycles. The lowest BCUT2D eigenvalue weighted by Crippen LogP contribution is -2.11. The van der Waals surface area contributed by atoms with Crippen LogP contribution in [0.5, 0.6) is 0 Å². The van der Waals surface area contributed by atoms with E-state index in [2.05, 4.69) is 4.98 Å². The molecule has 3 N–H and O–H groups in total. The minimum Gasteiger partial charge on any atom is -0.478 e. The van der Waals surface area contributed by atoms with Gasteiger partial charge in [0, 0.05) is 12.1 Å². The van der Waals surface area contributed by atoms with Crippen molar-refractivity contribution in [1.29, 1.82) is 5.26 Å². The van der Waals surface area contributed by atoms with Crippen LogP contribution in [0.1, 0.15) is 33.7 Å². The largest absolute Gasteiger partial charge is 0.478 e. The molecule has 1 aromatic rings. The summed E-state index contributed by atoms with van der Waals surface area (Å²) in [4.78, 5) is 14.2. The second-order valence-corrected chi connectivity index (χ2v) is 2.84. The third-order valence-corrected chi connectivity index (χ3v) is 1.90. The van der Waals surface area contributed by atoms with Crippen molar-refractivity contribution in [3.05, 3.63) is 28.6 Å². The fourth-order valence-corrected chi connectivity index (χ4v) is 1.17. The van der Waals surface area contributed by atoms with E-state index in [-0.39, 0.29) is 12.2 Å². The van der Waals surface area contributed by atoms with Gasteiger partial charge < -0.3 is 10.8 Å². The zero-order chi connectivity index (χ0) is 12.3. The van der Waals surface area contributed by atoms with Crippen molar-refractivity contribution in [2.45, 2.75) is 13.0 Å². The minimum atomic E-state index is -2.88. The van der Waals surface area contributed by atoms with Crippen molar-refractivity contribution in [3.8, 4) is 6.07 Å². The van der Waals surface area contributed by atoms with Crippen LogP contribution in [-0.4, -0.2) is 16.1 Å². The fourth-order valence-electron chi connectivity index (χ4n) is 1.17. The zero-order valence-electron chi connectivity index (χ0n) is 7.94. The molecule has 0 aliphatic heterocycles. The average molecular weight is 227 g/mol. The van der Waals surface area contributed by atoms with Gasteiger partial charge >= 0.3 is 5.97 Å². The Kier molecular flexibility index (Phi) is 3.48. The minimum absolute atomic E-state index is 0.170. The topological polar surface area (TPSA) is 100 Å². The zero-order valence-corrected chi connectivity index (χ0v) is 7.94. The number of carboxylic acids is 1. The van der Waals surface area contributed by atoms with Crippen LogP contribution in [0.15, 0.2) is 6.07 Å². The quantitative estimate of drug-likeness (QED) is 0.803. The van der Waals surface area contributed by atoms with Crippen LogP contribution >= 0.6 is 0 Å². The van der Waals surface area contributed by atoms with Gasteiger partial charge in [0.25, 0.3) is 6.43 Å². The molecule has 1 heterocycles. The van der Waals surface area contributed by atoms with Crippen LogP contribution in [0.3, 0.4) is 0 Å². The van der Waals surface area contributed by atoms with Crippen molar-refractivity contribution >= 4 is 5.97 Å². The molecule has 0 unspecified atom stereocenters. The number of nitriles is 1. The van der Waals surface area contributed by atoms with Gasteiger partial charge in [-0.2, -0.15) is 5.26 Å². The van der Waals surface area contributed by atoms with E-state index in [0.29, 0.717) is 0 Å². The highest BCUT2D eigenvalue weighted by atomic mass is 19.3. The Hall–Kier alpha value is -2.07. The van der Waals surface area contributed by atoms with Gasteiger partial charge in [0.2, 0.25) is 0 Å². The van der Waals surface area contributed by atoms with Crippen LogP contribution < -0.4 is 5.73 Å². The van der Waals surface area contributed by atoms with E-state index in [9.17, 15) is 13.6 Å². The Balaban J connectivity index is 3.48. The summed E-state index contributed by atoms with van der Waals surface area (Å²) in [5, 5.41) is 17.3. The molecule has 0 saturated heterocycles. The second-order valence-electron chi connectivity index (χ2n) is 2.84. The maximum absolute atomic E-state index is 12.5. The van der Waals surface area contributed by atoms with Crippen molar-refractivity contribution in [2.24, 2.45) is 5.73 Å². The van der Waals surface area contributed by atoms with E-state index in [1.165, 1.54) is 6.07 Å². The van der Waals surface area contributed by atoms with Gasteiger partial charge in [-0.05, 0) is 6.07 Å². The number of pyridine rings is 1. The molecule has 7 heteroatoms. The summed E-state index contributed by atoms with van der Waals surface area (Å²) in [5.74, 6) is -1.48. The molecule has 1 rings (SSSR count). The number of aromatic nitrogens is 1. The summed E-state index contributed by atoms with van der Waals surface area (Å²) in [6.45, 7) is -0.283. The number of hydrogen-bond donors (Lipinski definition) is 2. The van der Waals surface area contributed by atoms with E-state index < -0.39 is 29.2 Å². The van der Waals surface area contributed by atoms with Crippen LogP contribution in [-0.2, 0) is 6.54 Å². The number of aromatic carboxylic acids is 1. The molecule has 84 valence electrons. The predicted octanol–water partition coefficient (Wildman–Crippen LogP) is 1.05. The Morgan fingerprint density at radius 2 is 2.31 bits per heavy atom. The van der Waals surface area contributed by atoms with Gasteiger partial charge in [0.05, 0.1) is 11.3 Å². The third-order valence-electron chi connectivity index (χ3n) is 1.90. The number of carboxylic acid groups (broad SMARTS) is 1. The number of hydrogen-bond acceptors (Lipinski definition) is 4. The van der Waals surface area contributed by atoms with Gasteiger partial charge in [0.15, 0.2) is 5.69 Å². The molecule has 0 bridgehead atoms. The lowest BCUT2D eigenvalue weighted by Gasteiger charge is -2.08. The van der Waals surface area contributed by atoms with Crippen LogP contribution in [0.2, 0.25) is 0 Å². The van der Waals surface area contributed by atoms with Crippen LogP contribution in [0, 0.1) is 11.3 Å². The lowest BCUT2D eigenvalue weighted by atomic mass is 10.1. The number of halogens is 2. The van der Waals surface area contributed by atoms with Crippen molar-refractivity contribution in [1.82, 2.24) is 4.98 Å². The molecular weight excluding hydrogens is 220 g/mol. The Morgan fingerprint density at radius 3 is 2.69 bits per heavy atom. The molecule has 0 amide bonds. The summed E-state index contributed by atoms with van der Waals surface area (Å²) in [6, 6.07) is 2.26. The Labute approximate surface area is 89.1 Å². The normalized spacial score (nSPS) is 10.2. The predicted molar refractivity (Wildman–Crippen MR) is 48.8 cm³/mol. The average Bonchev–Trinajstić information content (AvgIpc) is 2.26. The highest BCUT2D eigenvalue weighted by Gasteiger charge is 2.20. The number of nitrogens with two attached hydrogens (primary N) is 1. The molecule has 0 aliphatic rings. The second kappa shape index (κ2) is 4.63. The van der Waals surface area contributed by atoms with Crippen molar-refractivity contribution < 1.29 is 18.7 Å². The highest BCUT2D eigenvalue weighted by molar-refractivity contribution is 5.90. The maximum Gasteiger partial charge on any atom is 0.338 e. The molecule has 0 fully saturated rings. The first-order valence-corrected chi connectivity index (χ1v) is 4.16. The summed E-state index contributed by atoms with van der Waals surface area (Å²) in [7, 11) is 0. The first-order valence-electron chi connectivity index (χ1n) is 4.16. The lowest BCUT2D eigenvalue weighted by molar-refractivity contribution is 0.0695. The van der Waals surface area contributed by atoms with Crippen molar-refractivity contribution in [2.75, 3.05) is 0 Å². The summed E-state index contributed by atoms with van der Waals surface area (Å²) >= 11 is 0. The van der Waals surface area contributed by atoms with E-state index in [1.54, 1.807) is 0 Å². The molecule has 0 radical (unpaired) electrons. The third kappa shape index (κ3) is 2.12. The standard InChI is InChI=1S/C9H7F2N3O2/c10-8(11)4-1-5(9(15)16)7(3-13)14-6(4)2-12/h1,8H,2,12H2,(H,15,16). The molecule has 0 aliphatic carbocycles. The fraction of sp³-hybridized carbons (Fsp3) is 0.222. The number of nitrogens with zero attached hydrogens (tertiary/aromatic N) is 2. The Morgan fingerprint density at radius 1 is 1.69 bits per heavy atom. The molecule has 0 saturated carbocycles. The first-order chi connectivity index (χ1) is 7.51. The number of alkyl halides is 2. The van der Waals surface area contributed by atoms with Crippen LogP contribution in [0.25, 0.3) is 0 Å². The summed E-state index contributed by atoms with van der Waals surface area (Å²) in [6.07, 6.45) is -2.88. The molecule has 1 aromatic heterocycles. The van der Waals surface area contributed by atoms with E-state index in [1.807, 2.05) is 0 Å². The molecule has 16 heavy (non-hydrogen) atoms. The highest BCUT2D eigenvalue weighted by Crippen LogP contribution is 2.24. The van der Waals surface area contributed by atoms with Gasteiger partial charge in [-0.1, -0.05) is 0 Å². The maximum atomic E-state index is 12.5. The summed E-state index contributed by atoms with van der Waals surface area (Å²) in [5.41, 5.74) is 3.49. The SMILES string of the molecule is N#Cc1nc(CN)c(C(F)F)cc1C(=O)O. The van der Waals surface area contributed by atoms with E-state index in [0.717, 1.165) is 6.07 Å². The smallest absolute Gasteiger partial charge is 0.338 e. The number of carbonyl (C=O) groups is 1. The van der Waals surface area contributed by atoms with E-state index >= 15 is 0 Å². The van der Waals surface area contributed by atoms with Gasteiger partial charge in [-0.15, -0.1) is 0 Å².